The van der Waals surface area contributed by atoms with Crippen molar-refractivity contribution >= 4 is 5.91 Å². The van der Waals surface area contributed by atoms with Gasteiger partial charge in [-0.15, -0.1) is 0 Å². The van der Waals surface area contributed by atoms with Gasteiger partial charge in [-0.2, -0.15) is 0 Å². The van der Waals surface area contributed by atoms with Gasteiger partial charge in [0.15, 0.2) is 0 Å². The van der Waals surface area contributed by atoms with Crippen LogP contribution in [0.3, 0.4) is 0 Å². The van der Waals surface area contributed by atoms with Crippen LogP contribution in [0.5, 0.6) is 0 Å². The van der Waals surface area contributed by atoms with E-state index in [1.54, 1.807) is 12.5 Å². The largest absolute Gasteiger partial charge is 0.350 e. The van der Waals surface area contributed by atoms with Crippen molar-refractivity contribution in [2.24, 2.45) is 5.73 Å². The van der Waals surface area contributed by atoms with Crippen LogP contribution in [0.2, 0.25) is 0 Å². The van der Waals surface area contributed by atoms with E-state index in [2.05, 4.69) is 28.1 Å². The van der Waals surface area contributed by atoms with Crippen molar-refractivity contribution < 1.29 is 4.79 Å². The number of carbonyl (C=O) groups excluding carboxylic acids is 1. The number of imidazole rings is 1. The molecule has 0 radical (unpaired) electrons. The van der Waals surface area contributed by atoms with Gasteiger partial charge in [-0.1, -0.05) is 37.3 Å². The van der Waals surface area contributed by atoms with Gasteiger partial charge in [0, 0.05) is 30.9 Å². The van der Waals surface area contributed by atoms with Gasteiger partial charge in [0.2, 0.25) is 5.91 Å². The summed E-state index contributed by atoms with van der Waals surface area (Å²) in [6.45, 7) is 2.76. The second-order valence-corrected chi connectivity index (χ2v) is 6.10. The summed E-state index contributed by atoms with van der Waals surface area (Å²) in [5.41, 5.74) is 13.2. The lowest BCUT2D eigenvalue weighted by Crippen LogP contribution is -2.49. The first-order chi connectivity index (χ1) is 11.7. The Kier molecular flexibility index (Phi) is 5.24. The monoisotopic (exact) mass is 328 g/mol. The van der Waals surface area contributed by atoms with Crippen LogP contribution < -0.4 is 21.9 Å². The minimum Gasteiger partial charge on any atom is -0.350 e. The van der Waals surface area contributed by atoms with E-state index in [-0.39, 0.29) is 24.0 Å². The van der Waals surface area contributed by atoms with Crippen LogP contribution in [0.15, 0.2) is 49.1 Å². The molecule has 1 saturated heterocycles. The maximum atomic E-state index is 12.8. The van der Waals surface area contributed by atoms with Gasteiger partial charge in [-0.05, 0) is 12.0 Å². The SMILES string of the molecule is CCC(Cn1ccnc1)NC(=O)C1NNC(N)C1c1ccccc1. The average molecular weight is 328 g/mol. The molecule has 7 nitrogen and oxygen atoms in total. The lowest BCUT2D eigenvalue weighted by molar-refractivity contribution is -0.124. The number of nitrogens with zero attached hydrogens (tertiary/aromatic N) is 2. The number of amides is 1. The summed E-state index contributed by atoms with van der Waals surface area (Å²) >= 11 is 0. The topological polar surface area (TPSA) is 97.0 Å². The van der Waals surface area contributed by atoms with Crippen LogP contribution in [0.4, 0.5) is 0 Å². The fourth-order valence-electron chi connectivity index (χ4n) is 3.09. The van der Waals surface area contributed by atoms with Crippen LogP contribution in [-0.4, -0.2) is 33.7 Å². The molecule has 128 valence electrons. The standard InChI is InChI=1S/C17H24N6O/c1-2-13(10-23-9-8-19-11-23)20-17(24)15-14(16(18)22-21-15)12-6-4-3-5-7-12/h3-9,11,13-16,21-22H,2,10,18H2,1H3,(H,20,24). The number of nitrogens with two attached hydrogens (primary N) is 1. The summed E-state index contributed by atoms with van der Waals surface area (Å²) in [4.78, 5) is 16.8. The molecule has 1 amide bonds. The number of nitrogens with one attached hydrogen (secondary N) is 3. The lowest BCUT2D eigenvalue weighted by atomic mass is 9.90. The molecule has 1 aromatic carbocycles. The molecule has 3 rings (SSSR count). The Morgan fingerprint density at radius 3 is 2.83 bits per heavy atom. The second kappa shape index (κ2) is 7.57. The highest BCUT2D eigenvalue weighted by Crippen LogP contribution is 2.25. The Morgan fingerprint density at radius 1 is 1.38 bits per heavy atom. The highest BCUT2D eigenvalue weighted by Gasteiger charge is 2.39. The molecule has 1 fully saturated rings. The van der Waals surface area contributed by atoms with Gasteiger partial charge in [0.25, 0.3) is 0 Å². The fourth-order valence-corrected chi connectivity index (χ4v) is 3.09. The van der Waals surface area contributed by atoms with E-state index in [0.717, 1.165) is 12.0 Å². The Morgan fingerprint density at radius 2 is 2.17 bits per heavy atom. The Balaban J connectivity index is 1.68. The van der Waals surface area contributed by atoms with Crippen molar-refractivity contribution in [3.63, 3.8) is 0 Å². The van der Waals surface area contributed by atoms with Crippen LogP contribution >= 0.6 is 0 Å². The molecule has 1 aliphatic heterocycles. The Bertz CT molecular complexity index is 644. The molecular weight excluding hydrogens is 304 g/mol. The first-order valence-corrected chi connectivity index (χ1v) is 8.26. The predicted molar refractivity (Wildman–Crippen MR) is 91.7 cm³/mol. The minimum absolute atomic E-state index is 0.0433. The molecule has 0 spiro atoms. The third-order valence-corrected chi connectivity index (χ3v) is 4.45. The van der Waals surface area contributed by atoms with Crippen molar-refractivity contribution in [3.8, 4) is 0 Å². The van der Waals surface area contributed by atoms with Crippen molar-refractivity contribution in [3.05, 3.63) is 54.6 Å². The zero-order valence-corrected chi connectivity index (χ0v) is 13.7. The van der Waals surface area contributed by atoms with Gasteiger partial charge in [-0.25, -0.2) is 15.8 Å². The van der Waals surface area contributed by atoms with Gasteiger partial charge < -0.3 is 15.6 Å². The molecule has 4 atom stereocenters. The van der Waals surface area contributed by atoms with Crippen LogP contribution in [-0.2, 0) is 11.3 Å². The Hall–Kier alpha value is -2.22. The molecule has 5 N–H and O–H groups in total. The van der Waals surface area contributed by atoms with Gasteiger partial charge in [0.05, 0.1) is 12.5 Å². The van der Waals surface area contributed by atoms with E-state index in [1.807, 2.05) is 41.1 Å². The molecule has 1 aromatic heterocycles. The third-order valence-electron chi connectivity index (χ3n) is 4.45. The summed E-state index contributed by atoms with van der Waals surface area (Å²) in [6, 6.07) is 9.52. The highest BCUT2D eigenvalue weighted by atomic mass is 16.2. The van der Waals surface area contributed by atoms with Crippen molar-refractivity contribution in [1.29, 1.82) is 0 Å². The Labute approximate surface area is 141 Å². The van der Waals surface area contributed by atoms with Crippen molar-refractivity contribution in [1.82, 2.24) is 25.7 Å². The normalized spacial score (nSPS) is 24.7. The van der Waals surface area contributed by atoms with Crippen molar-refractivity contribution in [2.75, 3.05) is 0 Å². The number of hydrogen-bond donors (Lipinski definition) is 4. The van der Waals surface area contributed by atoms with E-state index < -0.39 is 6.04 Å². The molecule has 4 unspecified atom stereocenters. The van der Waals surface area contributed by atoms with E-state index in [4.69, 9.17) is 5.73 Å². The third kappa shape index (κ3) is 3.64. The molecule has 1 aliphatic rings. The first-order valence-electron chi connectivity index (χ1n) is 8.26. The quantitative estimate of drug-likeness (QED) is 0.612. The number of rotatable bonds is 6. The molecule has 2 aromatic rings. The fraction of sp³-hybridized carbons (Fsp3) is 0.412. The van der Waals surface area contributed by atoms with E-state index in [0.29, 0.717) is 6.54 Å². The molecular formula is C17H24N6O. The second-order valence-electron chi connectivity index (χ2n) is 6.10. The summed E-state index contributed by atoms with van der Waals surface area (Å²) in [5.74, 6) is -0.159. The summed E-state index contributed by atoms with van der Waals surface area (Å²) in [7, 11) is 0. The van der Waals surface area contributed by atoms with Crippen LogP contribution in [0.25, 0.3) is 0 Å². The van der Waals surface area contributed by atoms with Crippen LogP contribution in [0, 0.1) is 0 Å². The number of aromatic nitrogens is 2. The van der Waals surface area contributed by atoms with E-state index in [1.165, 1.54) is 0 Å². The predicted octanol–water partition coefficient (Wildman–Crippen LogP) is 0.323. The van der Waals surface area contributed by atoms with E-state index >= 15 is 0 Å². The zero-order valence-electron chi connectivity index (χ0n) is 13.7. The van der Waals surface area contributed by atoms with Gasteiger partial charge >= 0.3 is 0 Å². The molecule has 7 heteroatoms. The lowest BCUT2D eigenvalue weighted by Gasteiger charge is -2.24. The summed E-state index contributed by atoms with van der Waals surface area (Å²) in [6.07, 6.45) is 5.92. The maximum Gasteiger partial charge on any atom is 0.239 e. The molecule has 24 heavy (non-hydrogen) atoms. The average Bonchev–Trinajstić information content (AvgIpc) is 3.24. The number of hydrazine groups is 1. The summed E-state index contributed by atoms with van der Waals surface area (Å²) in [5, 5.41) is 3.12. The number of benzene rings is 1. The number of hydrogen-bond acceptors (Lipinski definition) is 5. The van der Waals surface area contributed by atoms with E-state index in [9.17, 15) is 4.79 Å². The maximum absolute atomic E-state index is 12.8. The first kappa shape index (κ1) is 16.6. The molecule has 0 saturated carbocycles. The smallest absolute Gasteiger partial charge is 0.239 e. The van der Waals surface area contributed by atoms with Gasteiger partial charge in [-0.3, -0.25) is 4.79 Å². The van der Waals surface area contributed by atoms with Gasteiger partial charge in [0.1, 0.15) is 6.04 Å². The molecule has 2 heterocycles. The molecule has 0 aliphatic carbocycles. The molecule has 0 bridgehead atoms. The summed E-state index contributed by atoms with van der Waals surface area (Å²) < 4.78 is 1.97. The minimum atomic E-state index is -0.403. The number of carbonyl (C=O) groups is 1. The van der Waals surface area contributed by atoms with Crippen molar-refractivity contribution in [2.45, 2.75) is 44.1 Å². The van der Waals surface area contributed by atoms with Crippen LogP contribution in [0.1, 0.15) is 24.8 Å². The zero-order chi connectivity index (χ0) is 16.9. The highest BCUT2D eigenvalue weighted by molar-refractivity contribution is 5.83.